The molecule has 22 heavy (non-hydrogen) atoms. The molecule has 0 fully saturated rings. The lowest BCUT2D eigenvalue weighted by Crippen LogP contribution is -2.30. The van der Waals surface area contributed by atoms with Crippen LogP contribution in [0.3, 0.4) is 0 Å². The topological polar surface area (TPSA) is 138 Å². The zero-order valence-corrected chi connectivity index (χ0v) is 11.9. The van der Waals surface area contributed by atoms with Gasteiger partial charge in [0.1, 0.15) is 0 Å². The van der Waals surface area contributed by atoms with E-state index in [0.29, 0.717) is 0 Å². The molecule has 0 heterocycles. The summed E-state index contributed by atoms with van der Waals surface area (Å²) in [7, 11) is -4.07. The van der Waals surface area contributed by atoms with Crippen molar-refractivity contribution in [2.24, 2.45) is 0 Å². The van der Waals surface area contributed by atoms with Crippen LogP contribution in [0.15, 0.2) is 59.5 Å². The number of non-ortho nitro benzene ring substituents is 1. The van der Waals surface area contributed by atoms with Crippen molar-refractivity contribution in [3.63, 3.8) is 0 Å². The molecule has 0 radical (unpaired) electrons. The first kappa shape index (κ1) is 17.3. The van der Waals surface area contributed by atoms with Gasteiger partial charge in [0.2, 0.25) is 0 Å². The van der Waals surface area contributed by atoms with Crippen molar-refractivity contribution in [2.45, 2.75) is 4.90 Å². The van der Waals surface area contributed by atoms with E-state index in [0.717, 1.165) is 24.3 Å². The standard InChI is InChI=1S/C13H10N2O5S.H2O/c16-13(10-4-2-1-3-5-10)14-21(19,20)12-8-6-11(7-9-12)15(17)18;/h1-9H,(H,14,16);1H2. The highest BCUT2D eigenvalue weighted by atomic mass is 32.2. The molecule has 116 valence electrons. The minimum absolute atomic E-state index is 0. The molecule has 0 unspecified atom stereocenters. The minimum atomic E-state index is -4.07. The highest BCUT2D eigenvalue weighted by Crippen LogP contribution is 2.16. The number of hydrogen-bond acceptors (Lipinski definition) is 5. The lowest BCUT2D eigenvalue weighted by molar-refractivity contribution is -0.384. The molecule has 0 spiro atoms. The van der Waals surface area contributed by atoms with Crippen molar-refractivity contribution in [1.29, 1.82) is 0 Å². The number of rotatable bonds is 4. The molecule has 0 saturated heterocycles. The van der Waals surface area contributed by atoms with Crippen LogP contribution in [0.1, 0.15) is 10.4 Å². The molecular formula is C13H12N2O6S. The number of nitro benzene ring substituents is 1. The quantitative estimate of drug-likeness (QED) is 0.657. The smallest absolute Gasteiger partial charge is 0.269 e. The highest BCUT2D eigenvalue weighted by molar-refractivity contribution is 7.90. The van der Waals surface area contributed by atoms with Crippen LogP contribution in [-0.2, 0) is 10.0 Å². The van der Waals surface area contributed by atoms with E-state index in [2.05, 4.69) is 0 Å². The van der Waals surface area contributed by atoms with E-state index in [1.807, 2.05) is 4.72 Å². The summed E-state index contributed by atoms with van der Waals surface area (Å²) in [4.78, 5) is 21.5. The van der Waals surface area contributed by atoms with E-state index in [4.69, 9.17) is 0 Å². The van der Waals surface area contributed by atoms with E-state index in [9.17, 15) is 23.3 Å². The molecule has 0 aliphatic rings. The van der Waals surface area contributed by atoms with Crippen LogP contribution in [0.5, 0.6) is 0 Å². The van der Waals surface area contributed by atoms with E-state index in [1.54, 1.807) is 18.2 Å². The number of carbonyl (C=O) groups is 1. The molecule has 0 bridgehead atoms. The van der Waals surface area contributed by atoms with Crippen LogP contribution in [0, 0.1) is 10.1 Å². The average Bonchev–Trinajstić information content (AvgIpc) is 2.48. The molecule has 0 aliphatic heterocycles. The molecule has 3 N–H and O–H groups in total. The van der Waals surface area contributed by atoms with Gasteiger partial charge in [-0.15, -0.1) is 0 Å². The van der Waals surface area contributed by atoms with Gasteiger partial charge in [-0.25, -0.2) is 13.1 Å². The number of carbonyl (C=O) groups excluding carboxylic acids is 1. The largest absolute Gasteiger partial charge is 0.412 e. The maximum atomic E-state index is 12.0. The van der Waals surface area contributed by atoms with E-state index in [-0.39, 0.29) is 21.6 Å². The van der Waals surface area contributed by atoms with Crippen molar-refractivity contribution in [3.8, 4) is 0 Å². The molecule has 0 saturated carbocycles. The molecule has 9 heteroatoms. The molecule has 0 aliphatic carbocycles. The minimum Gasteiger partial charge on any atom is -0.412 e. The van der Waals surface area contributed by atoms with Crippen molar-refractivity contribution < 1.29 is 23.6 Å². The predicted octanol–water partition coefficient (Wildman–Crippen LogP) is 0.889. The Kier molecular flexibility index (Phi) is 5.33. The third-order valence-corrected chi connectivity index (χ3v) is 3.97. The van der Waals surface area contributed by atoms with Gasteiger partial charge >= 0.3 is 0 Å². The molecule has 8 nitrogen and oxygen atoms in total. The first-order valence-corrected chi connectivity index (χ1v) is 7.25. The average molecular weight is 324 g/mol. The van der Waals surface area contributed by atoms with Gasteiger partial charge in [-0.1, -0.05) is 18.2 Å². The Morgan fingerprint density at radius 2 is 1.55 bits per heavy atom. The van der Waals surface area contributed by atoms with Gasteiger partial charge < -0.3 is 5.48 Å². The fourth-order valence-corrected chi connectivity index (χ4v) is 2.55. The van der Waals surface area contributed by atoms with Gasteiger partial charge in [0, 0.05) is 17.7 Å². The number of hydrogen-bond donors (Lipinski definition) is 1. The summed E-state index contributed by atoms with van der Waals surface area (Å²) in [5.41, 5.74) is -0.0358. The second-order valence-corrected chi connectivity index (χ2v) is 5.73. The Hall–Kier alpha value is -2.78. The molecule has 0 atom stereocenters. The SMILES string of the molecule is O.O=C(NS(=O)(=O)c1ccc([N+](=O)[O-])cc1)c1ccccc1. The van der Waals surface area contributed by atoms with Gasteiger partial charge in [0.05, 0.1) is 9.82 Å². The van der Waals surface area contributed by atoms with Gasteiger partial charge in [0.15, 0.2) is 0 Å². The Balaban J connectivity index is 0.00000242. The Bertz CT molecular complexity index is 772. The summed E-state index contributed by atoms with van der Waals surface area (Å²) >= 11 is 0. The first-order valence-electron chi connectivity index (χ1n) is 5.77. The molecule has 0 aromatic heterocycles. The normalized spacial score (nSPS) is 10.4. The summed E-state index contributed by atoms with van der Waals surface area (Å²) in [6.45, 7) is 0. The van der Waals surface area contributed by atoms with Crippen molar-refractivity contribution >= 4 is 21.6 Å². The van der Waals surface area contributed by atoms with Crippen LogP contribution >= 0.6 is 0 Å². The Labute approximate surface area is 125 Å². The Morgan fingerprint density at radius 3 is 2.05 bits per heavy atom. The monoisotopic (exact) mass is 324 g/mol. The first-order chi connectivity index (χ1) is 9.90. The van der Waals surface area contributed by atoms with Gasteiger partial charge in [-0.2, -0.15) is 0 Å². The third kappa shape index (κ3) is 3.87. The van der Waals surface area contributed by atoms with Crippen LogP contribution in [0.25, 0.3) is 0 Å². The maximum Gasteiger partial charge on any atom is 0.269 e. The van der Waals surface area contributed by atoms with E-state index >= 15 is 0 Å². The van der Waals surface area contributed by atoms with Crippen molar-refractivity contribution in [1.82, 2.24) is 4.72 Å². The highest BCUT2D eigenvalue weighted by Gasteiger charge is 2.19. The van der Waals surface area contributed by atoms with Crippen LogP contribution < -0.4 is 4.72 Å². The second-order valence-electron chi connectivity index (χ2n) is 4.05. The summed E-state index contributed by atoms with van der Waals surface area (Å²) in [5, 5.41) is 10.5. The molecular weight excluding hydrogens is 312 g/mol. The number of nitrogens with zero attached hydrogens (tertiary/aromatic N) is 1. The van der Waals surface area contributed by atoms with Crippen LogP contribution in [-0.4, -0.2) is 24.7 Å². The third-order valence-electron chi connectivity index (χ3n) is 2.62. The molecule has 1 amide bonds. The fraction of sp³-hybridized carbons (Fsp3) is 0. The van der Waals surface area contributed by atoms with Gasteiger partial charge in [-0.05, 0) is 24.3 Å². The summed E-state index contributed by atoms with van der Waals surface area (Å²) in [5.74, 6) is -0.769. The zero-order valence-electron chi connectivity index (χ0n) is 11.1. The molecule has 2 aromatic carbocycles. The number of nitro groups is 1. The predicted molar refractivity (Wildman–Crippen MR) is 77.8 cm³/mol. The molecule has 2 aromatic rings. The summed E-state index contributed by atoms with van der Waals surface area (Å²) < 4.78 is 25.9. The van der Waals surface area contributed by atoms with Crippen LogP contribution in [0.4, 0.5) is 5.69 Å². The van der Waals surface area contributed by atoms with E-state index < -0.39 is 20.9 Å². The lowest BCUT2D eigenvalue weighted by atomic mass is 10.2. The number of benzene rings is 2. The van der Waals surface area contributed by atoms with Crippen molar-refractivity contribution in [3.05, 3.63) is 70.3 Å². The van der Waals surface area contributed by atoms with Gasteiger partial charge in [-0.3, -0.25) is 14.9 Å². The number of amides is 1. The summed E-state index contributed by atoms with van der Waals surface area (Å²) in [6.07, 6.45) is 0. The number of nitrogens with one attached hydrogen (secondary N) is 1. The fourth-order valence-electron chi connectivity index (χ4n) is 1.58. The summed E-state index contributed by atoms with van der Waals surface area (Å²) in [6, 6.07) is 12.1. The lowest BCUT2D eigenvalue weighted by Gasteiger charge is -2.06. The second kappa shape index (κ2) is 6.78. The maximum absolute atomic E-state index is 12.0. The number of sulfonamides is 1. The van der Waals surface area contributed by atoms with E-state index in [1.165, 1.54) is 12.1 Å². The van der Waals surface area contributed by atoms with Gasteiger partial charge in [0.25, 0.3) is 21.6 Å². The Morgan fingerprint density at radius 1 is 1.00 bits per heavy atom. The molecule has 2 rings (SSSR count). The van der Waals surface area contributed by atoms with Crippen molar-refractivity contribution in [2.75, 3.05) is 0 Å². The zero-order chi connectivity index (χ0) is 15.5. The van der Waals surface area contributed by atoms with Crippen LogP contribution in [0.2, 0.25) is 0 Å².